The lowest BCUT2D eigenvalue weighted by atomic mass is 10.5. The molecule has 0 spiro atoms. The maximum atomic E-state index is 10.4. The molecule has 2 aromatic heterocycles. The van der Waals surface area contributed by atoms with Gasteiger partial charge in [-0.3, -0.25) is 10.1 Å². The van der Waals surface area contributed by atoms with Gasteiger partial charge in [-0.1, -0.05) is 11.3 Å². The number of hydrogen-bond donors (Lipinski definition) is 0. The van der Waals surface area contributed by atoms with Crippen molar-refractivity contribution in [2.75, 3.05) is 5.88 Å². The van der Waals surface area contributed by atoms with Crippen LogP contribution in [0, 0.1) is 10.1 Å². The van der Waals surface area contributed by atoms with E-state index in [0.29, 0.717) is 23.1 Å². The number of hydrogen-bond acceptors (Lipinski definition) is 6. The number of aromatic nitrogens is 2. The molecule has 0 bridgehead atoms. The van der Waals surface area contributed by atoms with Gasteiger partial charge < -0.3 is 4.42 Å². The summed E-state index contributed by atoms with van der Waals surface area (Å²) in [5.41, 5.74) is 0. The van der Waals surface area contributed by atoms with Gasteiger partial charge in [-0.25, -0.2) is 0 Å². The first-order valence-electron chi connectivity index (χ1n) is 4.33. The van der Waals surface area contributed by atoms with Gasteiger partial charge in [-0.2, -0.15) is 0 Å². The van der Waals surface area contributed by atoms with Crippen LogP contribution in [-0.4, -0.2) is 21.0 Å². The minimum Gasteiger partial charge on any atom is -0.398 e. The maximum absolute atomic E-state index is 10.4. The smallest absolute Gasteiger partial charge is 0.398 e. The molecule has 2 aromatic rings. The zero-order valence-electron chi connectivity index (χ0n) is 7.92. The standard InChI is InChI=1S/C8H6ClN3O3S/c9-4-3-6-10-11-8(16-6)5-1-2-7(15-5)12(13)14/h1-2H,3-4H2. The highest BCUT2D eigenvalue weighted by Crippen LogP contribution is 2.28. The summed E-state index contributed by atoms with van der Waals surface area (Å²) in [6, 6.07) is 2.79. The minimum atomic E-state index is -0.593. The number of nitro groups is 1. The number of nitrogens with zero attached hydrogens (tertiary/aromatic N) is 3. The molecule has 0 radical (unpaired) electrons. The fourth-order valence-corrected chi connectivity index (χ4v) is 2.17. The van der Waals surface area contributed by atoms with Crippen molar-refractivity contribution in [3.8, 4) is 10.8 Å². The van der Waals surface area contributed by atoms with Crippen LogP contribution in [0.5, 0.6) is 0 Å². The summed E-state index contributed by atoms with van der Waals surface area (Å²) >= 11 is 6.88. The molecule has 6 nitrogen and oxygen atoms in total. The fraction of sp³-hybridized carbons (Fsp3) is 0.250. The molecule has 0 aliphatic carbocycles. The second kappa shape index (κ2) is 4.58. The zero-order chi connectivity index (χ0) is 11.5. The number of aryl methyl sites for hydroxylation is 1. The van der Waals surface area contributed by atoms with E-state index in [1.165, 1.54) is 23.5 Å². The average Bonchev–Trinajstić information content (AvgIpc) is 2.84. The Bertz CT molecular complexity index is 510. The van der Waals surface area contributed by atoms with E-state index in [1.54, 1.807) is 0 Å². The summed E-state index contributed by atoms with van der Waals surface area (Å²) in [4.78, 5) is 9.82. The van der Waals surface area contributed by atoms with Gasteiger partial charge in [0.1, 0.15) is 9.93 Å². The monoisotopic (exact) mass is 259 g/mol. The molecule has 0 fully saturated rings. The van der Waals surface area contributed by atoms with Crippen LogP contribution in [-0.2, 0) is 6.42 Å². The van der Waals surface area contributed by atoms with Gasteiger partial charge in [0.05, 0.1) is 6.07 Å². The molecule has 0 unspecified atom stereocenters. The molecule has 0 aliphatic rings. The molecule has 0 aliphatic heterocycles. The van der Waals surface area contributed by atoms with Gasteiger partial charge in [0.25, 0.3) is 0 Å². The molecular weight excluding hydrogens is 254 g/mol. The van der Waals surface area contributed by atoms with Crippen molar-refractivity contribution in [1.29, 1.82) is 0 Å². The first-order chi connectivity index (χ1) is 7.70. The quantitative estimate of drug-likeness (QED) is 0.479. The van der Waals surface area contributed by atoms with E-state index in [4.69, 9.17) is 16.0 Å². The van der Waals surface area contributed by atoms with Crippen LogP contribution in [0.3, 0.4) is 0 Å². The summed E-state index contributed by atoms with van der Waals surface area (Å²) in [5, 5.41) is 19.5. The number of furan rings is 1. The van der Waals surface area contributed by atoms with Crippen molar-refractivity contribution in [3.63, 3.8) is 0 Å². The molecule has 8 heteroatoms. The van der Waals surface area contributed by atoms with Crippen LogP contribution in [0.2, 0.25) is 0 Å². The first kappa shape index (κ1) is 11.0. The normalized spacial score (nSPS) is 10.6. The fourth-order valence-electron chi connectivity index (χ4n) is 1.08. The summed E-state index contributed by atoms with van der Waals surface area (Å²) in [6.45, 7) is 0. The Labute approximate surface area is 99.0 Å². The van der Waals surface area contributed by atoms with Crippen LogP contribution < -0.4 is 0 Å². The lowest BCUT2D eigenvalue weighted by molar-refractivity contribution is -0.401. The highest BCUT2D eigenvalue weighted by molar-refractivity contribution is 7.14. The topological polar surface area (TPSA) is 82.1 Å². The summed E-state index contributed by atoms with van der Waals surface area (Å²) in [7, 11) is 0. The second-order valence-corrected chi connectivity index (χ2v) is 4.27. The third kappa shape index (κ3) is 2.20. The lowest BCUT2D eigenvalue weighted by Gasteiger charge is -1.85. The Balaban J connectivity index is 2.24. The van der Waals surface area contributed by atoms with Crippen molar-refractivity contribution in [3.05, 3.63) is 27.3 Å². The van der Waals surface area contributed by atoms with Crippen molar-refractivity contribution in [2.24, 2.45) is 0 Å². The molecule has 0 saturated carbocycles. The molecule has 0 amide bonds. The maximum Gasteiger partial charge on any atom is 0.433 e. The van der Waals surface area contributed by atoms with Crippen LogP contribution in [0.4, 0.5) is 5.88 Å². The molecule has 16 heavy (non-hydrogen) atoms. The SMILES string of the molecule is O=[N+]([O-])c1ccc(-c2nnc(CCCl)s2)o1. The number of halogens is 1. The molecule has 0 aromatic carbocycles. The summed E-state index contributed by atoms with van der Waals surface area (Å²) in [6.07, 6.45) is 0.627. The van der Waals surface area contributed by atoms with Gasteiger partial charge in [-0.05, 0) is 6.07 Å². The highest BCUT2D eigenvalue weighted by Gasteiger charge is 2.16. The van der Waals surface area contributed by atoms with Gasteiger partial charge in [0, 0.05) is 12.3 Å². The van der Waals surface area contributed by atoms with Crippen LogP contribution >= 0.6 is 22.9 Å². The Morgan fingerprint density at radius 1 is 1.50 bits per heavy atom. The van der Waals surface area contributed by atoms with Crippen molar-refractivity contribution in [1.82, 2.24) is 10.2 Å². The van der Waals surface area contributed by atoms with Crippen LogP contribution in [0.25, 0.3) is 10.8 Å². The van der Waals surface area contributed by atoms with E-state index >= 15 is 0 Å². The first-order valence-corrected chi connectivity index (χ1v) is 5.68. The van der Waals surface area contributed by atoms with Gasteiger partial charge in [0.15, 0.2) is 10.8 Å². The van der Waals surface area contributed by atoms with E-state index in [9.17, 15) is 10.1 Å². The van der Waals surface area contributed by atoms with E-state index in [-0.39, 0.29) is 5.88 Å². The van der Waals surface area contributed by atoms with Crippen LogP contribution in [0.15, 0.2) is 16.5 Å². The summed E-state index contributed by atoms with van der Waals surface area (Å²) in [5.74, 6) is 0.515. The molecule has 2 heterocycles. The largest absolute Gasteiger partial charge is 0.433 e. The molecule has 0 N–H and O–H groups in total. The summed E-state index contributed by atoms with van der Waals surface area (Å²) < 4.78 is 5.00. The Morgan fingerprint density at radius 3 is 2.94 bits per heavy atom. The predicted molar refractivity (Wildman–Crippen MR) is 58.7 cm³/mol. The Kier molecular flexibility index (Phi) is 3.16. The third-order valence-electron chi connectivity index (χ3n) is 1.76. The number of alkyl halides is 1. The highest BCUT2D eigenvalue weighted by atomic mass is 35.5. The van der Waals surface area contributed by atoms with Gasteiger partial charge in [-0.15, -0.1) is 21.8 Å². The van der Waals surface area contributed by atoms with Gasteiger partial charge >= 0.3 is 5.88 Å². The molecule has 0 atom stereocenters. The minimum absolute atomic E-state index is 0.302. The lowest BCUT2D eigenvalue weighted by Crippen LogP contribution is -1.83. The Hall–Kier alpha value is -1.47. The van der Waals surface area contributed by atoms with E-state index in [0.717, 1.165) is 5.01 Å². The molecule has 2 rings (SSSR count). The number of rotatable bonds is 4. The predicted octanol–water partition coefficient (Wildman–Crippen LogP) is 2.49. The van der Waals surface area contributed by atoms with E-state index in [2.05, 4.69) is 10.2 Å². The third-order valence-corrected chi connectivity index (χ3v) is 2.94. The molecular formula is C8H6ClN3O3S. The van der Waals surface area contributed by atoms with E-state index in [1.807, 2.05) is 0 Å². The van der Waals surface area contributed by atoms with Gasteiger partial charge in [0.2, 0.25) is 0 Å². The van der Waals surface area contributed by atoms with Crippen molar-refractivity contribution >= 4 is 28.8 Å². The van der Waals surface area contributed by atoms with Crippen molar-refractivity contribution in [2.45, 2.75) is 6.42 Å². The van der Waals surface area contributed by atoms with Crippen LogP contribution in [0.1, 0.15) is 5.01 Å². The second-order valence-electron chi connectivity index (χ2n) is 2.83. The molecule has 84 valence electrons. The molecule has 0 saturated heterocycles. The van der Waals surface area contributed by atoms with Crippen molar-refractivity contribution < 1.29 is 9.34 Å². The zero-order valence-corrected chi connectivity index (χ0v) is 9.49. The van der Waals surface area contributed by atoms with E-state index < -0.39 is 4.92 Å². The average molecular weight is 260 g/mol. The Morgan fingerprint density at radius 2 is 2.31 bits per heavy atom.